The molecule has 4 unspecified atom stereocenters. The zero-order chi connectivity index (χ0) is 26.6. The van der Waals surface area contributed by atoms with Crippen LogP contribution in [0.5, 0.6) is 0 Å². The first-order valence-electron chi connectivity index (χ1n) is 12.2. The number of imidazole rings is 1. The Kier molecular flexibility index (Phi) is 7.60. The van der Waals surface area contributed by atoms with Crippen LogP contribution in [0.15, 0.2) is 49.1 Å². The van der Waals surface area contributed by atoms with Gasteiger partial charge in [-0.3, -0.25) is 19.6 Å². The molecule has 2 amide bonds. The first kappa shape index (κ1) is 25.7. The van der Waals surface area contributed by atoms with E-state index >= 15 is 0 Å². The topological polar surface area (TPSA) is 153 Å². The lowest BCUT2D eigenvalue weighted by atomic mass is 10.1. The summed E-state index contributed by atoms with van der Waals surface area (Å²) in [7, 11) is 1.71. The average molecular weight is 524 g/mol. The molecule has 0 radical (unpaired) electrons. The molecule has 13 nitrogen and oxygen atoms in total. The van der Waals surface area contributed by atoms with Crippen molar-refractivity contribution in [2.24, 2.45) is 0 Å². The zero-order valence-corrected chi connectivity index (χ0v) is 20.9. The Hall–Kier alpha value is -3.91. The molecule has 0 bridgehead atoms. The molecule has 2 aromatic heterocycles. The smallest absolute Gasteiger partial charge is 0.320 e. The van der Waals surface area contributed by atoms with Gasteiger partial charge in [0.15, 0.2) is 29.5 Å². The van der Waals surface area contributed by atoms with E-state index in [9.17, 15) is 14.7 Å². The molecule has 2 aliphatic heterocycles. The van der Waals surface area contributed by atoms with Gasteiger partial charge in [0.05, 0.1) is 12.9 Å². The number of aromatic nitrogens is 4. The van der Waals surface area contributed by atoms with Gasteiger partial charge in [0.25, 0.3) is 0 Å². The van der Waals surface area contributed by atoms with Gasteiger partial charge in [0.2, 0.25) is 0 Å². The maximum absolute atomic E-state index is 12.1. The summed E-state index contributed by atoms with van der Waals surface area (Å²) in [5.41, 5.74) is 1.85. The van der Waals surface area contributed by atoms with E-state index in [1.54, 1.807) is 22.8 Å². The number of likely N-dealkylation sites (N-methyl/N-ethyl adjacent to an activating group) is 1. The van der Waals surface area contributed by atoms with Crippen LogP contribution in [0.2, 0.25) is 0 Å². The molecular weight excluding hydrogens is 494 g/mol. The normalized spacial score (nSPS) is 24.8. The minimum Gasteiger partial charge on any atom is -0.480 e. The van der Waals surface area contributed by atoms with Crippen molar-refractivity contribution in [1.82, 2.24) is 29.7 Å². The SMILES string of the molecule is CCNC(=O)Nc1ncnc2c1ncn2C1OC(CN(C)CC(=O)O)C2O[C@H](C=Cc3ccccc3)OC21. The first-order chi connectivity index (χ1) is 18.4. The van der Waals surface area contributed by atoms with Gasteiger partial charge >= 0.3 is 12.0 Å². The van der Waals surface area contributed by atoms with Crippen LogP contribution in [0.4, 0.5) is 10.6 Å². The molecule has 2 fully saturated rings. The van der Waals surface area contributed by atoms with Crippen molar-refractivity contribution >= 4 is 35.1 Å². The summed E-state index contributed by atoms with van der Waals surface area (Å²) in [4.78, 5) is 37.9. The number of urea groups is 1. The Morgan fingerprint density at radius 2 is 1.92 bits per heavy atom. The number of fused-ring (bicyclic) bond motifs is 2. The third-order valence-electron chi connectivity index (χ3n) is 6.21. The van der Waals surface area contributed by atoms with Crippen molar-refractivity contribution in [3.63, 3.8) is 0 Å². The fraction of sp³-hybridized carbons (Fsp3) is 0.400. The molecule has 0 aliphatic carbocycles. The maximum Gasteiger partial charge on any atom is 0.320 e. The van der Waals surface area contributed by atoms with E-state index in [4.69, 9.17) is 14.2 Å². The van der Waals surface area contributed by atoms with E-state index in [-0.39, 0.29) is 12.4 Å². The number of nitrogens with zero attached hydrogens (tertiary/aromatic N) is 5. The van der Waals surface area contributed by atoms with Gasteiger partial charge in [-0.25, -0.2) is 19.7 Å². The number of carbonyl (C=O) groups excluding carboxylic acids is 1. The molecule has 0 saturated carbocycles. The minimum atomic E-state index is -0.935. The lowest BCUT2D eigenvalue weighted by Gasteiger charge is -2.23. The average Bonchev–Trinajstić information content (AvgIpc) is 3.58. The number of benzene rings is 1. The van der Waals surface area contributed by atoms with Gasteiger partial charge in [-0.05, 0) is 25.6 Å². The Labute approximate surface area is 218 Å². The molecule has 13 heteroatoms. The van der Waals surface area contributed by atoms with Crippen LogP contribution in [0.25, 0.3) is 17.2 Å². The van der Waals surface area contributed by atoms with E-state index in [2.05, 4.69) is 25.6 Å². The fourth-order valence-electron chi connectivity index (χ4n) is 4.62. The van der Waals surface area contributed by atoms with Crippen LogP contribution in [0.1, 0.15) is 18.7 Å². The van der Waals surface area contributed by atoms with Crippen molar-refractivity contribution in [3.8, 4) is 0 Å². The van der Waals surface area contributed by atoms with Crippen molar-refractivity contribution in [2.75, 3.05) is 32.0 Å². The third-order valence-corrected chi connectivity index (χ3v) is 6.21. The standard InChI is InChI=1S/C25H29N7O6/c1-3-26-25(35)30-22-19-23(28-13-27-22)32(14-29-19)24-21-20(16(36-24)11-31(2)12-17(33)34)37-18(38-21)10-9-15-7-5-4-6-8-15/h4-10,13-14,16,18,20-21,24H,3,11-12H2,1-2H3,(H,33,34)(H2,26,27,28,30,35)/t16?,18-,20?,21?,24?/m0/s1. The molecule has 1 aromatic carbocycles. The van der Waals surface area contributed by atoms with Gasteiger partial charge in [-0.2, -0.15) is 0 Å². The number of anilines is 1. The van der Waals surface area contributed by atoms with E-state index < -0.39 is 42.8 Å². The van der Waals surface area contributed by atoms with Crippen LogP contribution in [-0.4, -0.2) is 92.8 Å². The quantitative estimate of drug-likeness (QED) is 0.378. The van der Waals surface area contributed by atoms with Gasteiger partial charge < -0.3 is 24.6 Å². The van der Waals surface area contributed by atoms with Gasteiger partial charge in [0.1, 0.15) is 24.6 Å². The highest BCUT2D eigenvalue weighted by Crippen LogP contribution is 2.41. The third kappa shape index (κ3) is 5.50. The first-order valence-corrected chi connectivity index (χ1v) is 12.2. The summed E-state index contributed by atoms with van der Waals surface area (Å²) in [6, 6.07) is 9.40. The number of nitrogens with one attached hydrogen (secondary N) is 2. The predicted octanol–water partition coefficient (Wildman–Crippen LogP) is 1.71. The monoisotopic (exact) mass is 523 g/mol. The number of carbonyl (C=O) groups is 2. The Balaban J connectivity index is 1.41. The molecule has 5 atom stereocenters. The largest absolute Gasteiger partial charge is 0.480 e. The minimum absolute atomic E-state index is 0.143. The summed E-state index contributed by atoms with van der Waals surface area (Å²) in [5, 5.41) is 14.5. The summed E-state index contributed by atoms with van der Waals surface area (Å²) in [6.45, 7) is 2.45. The molecule has 3 N–H and O–H groups in total. The predicted molar refractivity (Wildman–Crippen MR) is 136 cm³/mol. The van der Waals surface area contributed by atoms with Crippen LogP contribution >= 0.6 is 0 Å². The lowest BCUT2D eigenvalue weighted by Crippen LogP contribution is -2.39. The highest BCUT2D eigenvalue weighted by Gasteiger charge is 2.53. The molecule has 2 aliphatic rings. The lowest BCUT2D eigenvalue weighted by molar-refractivity contribution is -0.141. The molecule has 5 rings (SSSR count). The molecule has 2 saturated heterocycles. The number of amides is 2. The number of carboxylic acids is 1. The van der Waals surface area contributed by atoms with Crippen molar-refractivity contribution in [1.29, 1.82) is 0 Å². The second kappa shape index (κ2) is 11.2. The van der Waals surface area contributed by atoms with E-state index in [0.717, 1.165) is 5.56 Å². The molecule has 4 heterocycles. The number of rotatable bonds is 9. The molecule has 3 aromatic rings. The van der Waals surface area contributed by atoms with Gasteiger partial charge in [0, 0.05) is 13.1 Å². The van der Waals surface area contributed by atoms with Gasteiger partial charge in [-0.15, -0.1) is 0 Å². The van der Waals surface area contributed by atoms with Crippen LogP contribution in [0.3, 0.4) is 0 Å². The molecule has 200 valence electrons. The Morgan fingerprint density at radius 1 is 1.13 bits per heavy atom. The van der Waals surface area contributed by atoms with E-state index in [0.29, 0.717) is 24.3 Å². The number of aliphatic carboxylic acids is 1. The van der Waals surface area contributed by atoms with Crippen LogP contribution in [-0.2, 0) is 19.0 Å². The Morgan fingerprint density at radius 3 is 2.68 bits per heavy atom. The highest BCUT2D eigenvalue weighted by atomic mass is 16.8. The van der Waals surface area contributed by atoms with E-state index in [1.807, 2.05) is 49.4 Å². The second-order valence-corrected chi connectivity index (χ2v) is 9.03. The van der Waals surface area contributed by atoms with Crippen LogP contribution in [0, 0.1) is 0 Å². The fourth-order valence-corrected chi connectivity index (χ4v) is 4.62. The molecular formula is C25H29N7O6. The Bertz CT molecular complexity index is 1320. The maximum atomic E-state index is 12.1. The van der Waals surface area contributed by atoms with Crippen molar-refractivity contribution in [3.05, 3.63) is 54.6 Å². The van der Waals surface area contributed by atoms with Gasteiger partial charge in [-0.1, -0.05) is 36.4 Å². The van der Waals surface area contributed by atoms with E-state index in [1.165, 1.54) is 6.33 Å². The van der Waals surface area contributed by atoms with Crippen molar-refractivity contribution < 1.29 is 28.9 Å². The number of hydrogen-bond donors (Lipinski definition) is 3. The summed E-state index contributed by atoms with van der Waals surface area (Å²) in [6.07, 6.45) is 3.92. The summed E-state index contributed by atoms with van der Waals surface area (Å²) < 4.78 is 20.6. The van der Waals surface area contributed by atoms with Crippen molar-refractivity contribution in [2.45, 2.75) is 37.8 Å². The second-order valence-electron chi connectivity index (χ2n) is 9.03. The van der Waals surface area contributed by atoms with Crippen LogP contribution < -0.4 is 10.6 Å². The summed E-state index contributed by atoms with van der Waals surface area (Å²) in [5.74, 6) is -0.672. The summed E-state index contributed by atoms with van der Waals surface area (Å²) >= 11 is 0. The zero-order valence-electron chi connectivity index (χ0n) is 20.9. The number of hydrogen-bond acceptors (Lipinski definition) is 9. The number of carboxylic acid groups (broad SMARTS) is 1. The molecule has 38 heavy (non-hydrogen) atoms. The molecule has 0 spiro atoms. The highest BCUT2D eigenvalue weighted by molar-refractivity contribution is 5.95. The number of ether oxygens (including phenoxy) is 3.